The summed E-state index contributed by atoms with van der Waals surface area (Å²) in [6.45, 7) is 1.56. The minimum Gasteiger partial charge on any atom is -0.478 e. The van der Waals surface area contributed by atoms with Crippen molar-refractivity contribution in [3.8, 4) is 0 Å². The minimum absolute atomic E-state index is 0.0143. The number of aliphatic hydroxyl groups excluding tert-OH is 1. The van der Waals surface area contributed by atoms with Crippen molar-refractivity contribution in [1.82, 2.24) is 10.2 Å². The highest BCUT2D eigenvalue weighted by atomic mass is 16.4. The summed E-state index contributed by atoms with van der Waals surface area (Å²) in [4.78, 5) is 32.9. The van der Waals surface area contributed by atoms with Gasteiger partial charge in [0.2, 0.25) is 0 Å². The number of carbonyl (C=O) groups is 2. The number of nitrogens with one attached hydrogen (secondary N) is 1. The largest absolute Gasteiger partial charge is 0.478 e. The number of nitrogens with two attached hydrogens (primary N) is 1. The highest BCUT2D eigenvalue weighted by Crippen LogP contribution is 2.83. The summed E-state index contributed by atoms with van der Waals surface area (Å²) < 4.78 is 0. The van der Waals surface area contributed by atoms with E-state index < -0.39 is 33.7 Å². The number of allylic oxidation sites excluding steroid dienone is 1. The molecule has 1 aliphatic heterocycles. The fraction of sp³-hybridized carbons (Fsp3) is 0.679. The Bertz CT molecular complexity index is 1160. The van der Waals surface area contributed by atoms with E-state index in [1.54, 1.807) is 7.05 Å². The molecule has 2 spiro atoms. The predicted octanol–water partition coefficient (Wildman–Crippen LogP) is 1.19. The molecule has 1 heterocycles. The molecule has 7 atom stereocenters. The minimum atomic E-state index is -2.03. The van der Waals surface area contributed by atoms with Crippen LogP contribution >= 0.6 is 0 Å². The summed E-state index contributed by atoms with van der Waals surface area (Å²) in [7, 11) is 1.66. The summed E-state index contributed by atoms with van der Waals surface area (Å²) in [6.07, 6.45) is 13.4. The van der Waals surface area contributed by atoms with Crippen LogP contribution in [-0.2, 0) is 9.59 Å². The number of hydrogen-bond donors (Lipinski definition) is 5. The van der Waals surface area contributed by atoms with Crippen LogP contribution in [0, 0.1) is 34.0 Å². The maximum Gasteiger partial charge on any atom is 0.334 e. The van der Waals surface area contributed by atoms with Crippen LogP contribution in [0.2, 0.25) is 0 Å². The Kier molecular flexibility index (Phi) is 5.54. The van der Waals surface area contributed by atoms with E-state index in [1.807, 2.05) is 17.2 Å². The van der Waals surface area contributed by atoms with Crippen molar-refractivity contribution in [3.05, 3.63) is 35.6 Å². The van der Waals surface area contributed by atoms with Gasteiger partial charge in [0.25, 0.3) is 0 Å². The van der Waals surface area contributed by atoms with Crippen LogP contribution in [0.3, 0.4) is 0 Å². The number of nitrogens with zero attached hydrogens (tertiary/aromatic N) is 2. The number of guanidine groups is 1. The van der Waals surface area contributed by atoms with Crippen LogP contribution in [0.1, 0.15) is 44.9 Å². The van der Waals surface area contributed by atoms with Gasteiger partial charge in [-0.1, -0.05) is 24.6 Å². The van der Waals surface area contributed by atoms with Crippen molar-refractivity contribution in [2.75, 3.05) is 33.3 Å². The van der Waals surface area contributed by atoms with Crippen LogP contribution in [0.4, 0.5) is 0 Å². The molecule has 7 unspecified atom stereocenters. The second-order valence-corrected chi connectivity index (χ2v) is 11.9. The molecule has 3 bridgehead atoms. The third-order valence-electron chi connectivity index (χ3n) is 11.0. The lowest BCUT2D eigenvalue weighted by Gasteiger charge is -2.69. The molecule has 0 saturated heterocycles. The molecule has 0 radical (unpaired) electrons. The number of aliphatic carboxylic acids is 1. The highest BCUT2D eigenvalue weighted by molar-refractivity contribution is 6.05. The van der Waals surface area contributed by atoms with Gasteiger partial charge in [0.1, 0.15) is 0 Å². The second-order valence-electron chi connectivity index (χ2n) is 11.9. The van der Waals surface area contributed by atoms with E-state index in [0.29, 0.717) is 38.4 Å². The molecule has 0 aromatic heterocycles. The van der Waals surface area contributed by atoms with E-state index in [0.717, 1.165) is 31.3 Å². The third kappa shape index (κ3) is 2.72. The molecular weight excluding hydrogens is 472 g/mol. The zero-order valence-electron chi connectivity index (χ0n) is 21.4. The van der Waals surface area contributed by atoms with Crippen molar-refractivity contribution in [3.63, 3.8) is 0 Å². The molecule has 0 aromatic carbocycles. The standard InChI is InChI=1S/C28H38N4O5/c1-30-24(29)32-12-10-25(15-31-11-13-33)9-8-20-27-17-4-2-3-5-21(34)28(20,37)22(23(35)36)19(27)14-18(7-6-17)26(25,27)16-32/h8-10,12,17-18,20,31,33,37H,2-7,11,13-16H2,1H3,(H2,29,30)(H,35,36). The lowest BCUT2D eigenvalue weighted by atomic mass is 9.36. The van der Waals surface area contributed by atoms with Gasteiger partial charge >= 0.3 is 5.97 Å². The molecule has 5 aliphatic carbocycles. The van der Waals surface area contributed by atoms with Crippen LogP contribution in [-0.4, -0.2) is 76.8 Å². The Morgan fingerprint density at radius 3 is 2.76 bits per heavy atom. The number of carboxylic acids is 1. The number of rotatable bonds is 5. The average molecular weight is 511 g/mol. The fourth-order valence-corrected chi connectivity index (χ4v) is 9.94. The Balaban J connectivity index is 1.70. The van der Waals surface area contributed by atoms with Crippen molar-refractivity contribution < 1.29 is 24.9 Å². The number of aliphatic hydroxyl groups is 2. The summed E-state index contributed by atoms with van der Waals surface area (Å²) >= 11 is 0. The first kappa shape index (κ1) is 24.8. The predicted molar refractivity (Wildman–Crippen MR) is 137 cm³/mol. The maximum atomic E-state index is 13.7. The molecule has 3 fully saturated rings. The summed E-state index contributed by atoms with van der Waals surface area (Å²) in [5.74, 6) is -1.46. The van der Waals surface area contributed by atoms with Crippen molar-refractivity contribution in [1.29, 1.82) is 0 Å². The monoisotopic (exact) mass is 510 g/mol. The van der Waals surface area contributed by atoms with Gasteiger partial charge in [-0.3, -0.25) is 9.79 Å². The highest BCUT2D eigenvalue weighted by Gasteiger charge is 2.83. The Labute approximate surface area is 217 Å². The number of carbonyl (C=O) groups excluding carboxylic acids is 1. The topological polar surface area (TPSA) is 148 Å². The van der Waals surface area contributed by atoms with Crippen LogP contribution < -0.4 is 11.1 Å². The molecular formula is C28H38N4O5. The summed E-state index contributed by atoms with van der Waals surface area (Å²) in [5, 5.41) is 35.9. The van der Waals surface area contributed by atoms with E-state index in [2.05, 4.69) is 22.5 Å². The zero-order chi connectivity index (χ0) is 26.2. The van der Waals surface area contributed by atoms with Crippen molar-refractivity contribution >= 4 is 17.7 Å². The molecule has 6 rings (SSSR count). The van der Waals surface area contributed by atoms with Gasteiger partial charge in [-0.15, -0.1) is 0 Å². The molecule has 9 heteroatoms. The third-order valence-corrected chi connectivity index (χ3v) is 11.0. The van der Waals surface area contributed by atoms with E-state index >= 15 is 0 Å². The first-order chi connectivity index (χ1) is 17.7. The molecule has 6 aliphatic rings. The van der Waals surface area contributed by atoms with Gasteiger partial charge < -0.3 is 31.3 Å². The number of ketones is 1. The quantitative estimate of drug-likeness (QED) is 0.160. The lowest BCUT2D eigenvalue weighted by molar-refractivity contribution is -0.175. The van der Waals surface area contributed by atoms with Gasteiger partial charge in [0.15, 0.2) is 17.3 Å². The molecule has 6 N–H and O–H groups in total. The van der Waals surface area contributed by atoms with E-state index in [-0.39, 0.29) is 36.2 Å². The smallest absolute Gasteiger partial charge is 0.334 e. The SMILES string of the molecule is CN=C(N)N1C=CC2(CNCCO)C=CC3C4(O)C(=O)CCCCC5CCC6CC(=C4C(=O)O)C53C62C1. The number of aliphatic imine (C=N–C) groups is 1. The lowest BCUT2D eigenvalue weighted by Crippen LogP contribution is -2.71. The zero-order valence-corrected chi connectivity index (χ0v) is 21.4. The van der Waals surface area contributed by atoms with Crippen LogP contribution in [0.15, 0.2) is 40.6 Å². The summed E-state index contributed by atoms with van der Waals surface area (Å²) in [6, 6.07) is 0. The van der Waals surface area contributed by atoms with Gasteiger partial charge in [0, 0.05) is 61.5 Å². The second kappa shape index (κ2) is 8.25. The molecule has 200 valence electrons. The normalized spacial score (nSPS) is 44.0. The molecule has 9 nitrogen and oxygen atoms in total. The first-order valence-corrected chi connectivity index (χ1v) is 13.7. The van der Waals surface area contributed by atoms with Gasteiger partial charge in [-0.05, 0) is 49.5 Å². The van der Waals surface area contributed by atoms with Gasteiger partial charge in [0.05, 0.1) is 12.2 Å². The Morgan fingerprint density at radius 2 is 2.03 bits per heavy atom. The van der Waals surface area contributed by atoms with E-state index in [9.17, 15) is 24.9 Å². The summed E-state index contributed by atoms with van der Waals surface area (Å²) in [5.41, 5.74) is 3.41. The molecule has 0 amide bonds. The van der Waals surface area contributed by atoms with Crippen molar-refractivity contribution in [2.45, 2.75) is 50.5 Å². The van der Waals surface area contributed by atoms with Gasteiger partial charge in [-0.2, -0.15) is 0 Å². The molecule has 0 aromatic rings. The Morgan fingerprint density at radius 1 is 1.24 bits per heavy atom. The Hall–Kier alpha value is -2.49. The molecule has 3 saturated carbocycles. The van der Waals surface area contributed by atoms with Crippen molar-refractivity contribution in [2.24, 2.45) is 44.7 Å². The fourth-order valence-electron chi connectivity index (χ4n) is 9.94. The first-order valence-electron chi connectivity index (χ1n) is 13.7. The number of hydrogen-bond acceptors (Lipinski definition) is 6. The van der Waals surface area contributed by atoms with E-state index in [4.69, 9.17) is 5.73 Å². The number of carboxylic acid groups (broad SMARTS) is 1. The maximum absolute atomic E-state index is 13.7. The molecule has 37 heavy (non-hydrogen) atoms. The van der Waals surface area contributed by atoms with Gasteiger partial charge in [-0.25, -0.2) is 4.79 Å². The van der Waals surface area contributed by atoms with E-state index in [1.165, 1.54) is 0 Å². The van der Waals surface area contributed by atoms with Crippen LogP contribution in [0.25, 0.3) is 0 Å². The average Bonchev–Trinajstić information content (AvgIpc) is 3.23. The number of Topliss-reactive ketones (excluding diaryl/α,β-unsaturated/α-hetero) is 1. The van der Waals surface area contributed by atoms with Crippen LogP contribution in [0.5, 0.6) is 0 Å².